The van der Waals surface area contributed by atoms with Gasteiger partial charge in [-0.25, -0.2) is 0 Å². The summed E-state index contributed by atoms with van der Waals surface area (Å²) in [5.74, 6) is 1.80. The first-order valence-corrected chi connectivity index (χ1v) is 9.64. The molecule has 6 heteroatoms. The van der Waals surface area contributed by atoms with Crippen LogP contribution in [0.3, 0.4) is 0 Å². The van der Waals surface area contributed by atoms with Crippen LogP contribution in [0.25, 0.3) is 0 Å². The molecule has 2 unspecified atom stereocenters. The van der Waals surface area contributed by atoms with Crippen LogP contribution in [-0.2, 0) is 9.59 Å². The summed E-state index contributed by atoms with van der Waals surface area (Å²) in [6.45, 7) is 2.04. The Bertz CT molecular complexity index is 842. The monoisotopic (exact) mass is 368 g/mol. The molecule has 0 aromatic heterocycles. The molecule has 1 N–H and O–H groups in total. The lowest BCUT2D eigenvalue weighted by Crippen LogP contribution is -2.48. The second-order valence-electron chi connectivity index (χ2n) is 6.67. The van der Waals surface area contributed by atoms with E-state index in [4.69, 9.17) is 4.74 Å². The third-order valence-corrected chi connectivity index (χ3v) is 6.37. The van der Waals surface area contributed by atoms with Crippen molar-refractivity contribution < 1.29 is 14.3 Å². The minimum absolute atomic E-state index is 0.0615. The molecule has 2 aliphatic heterocycles. The SMILES string of the molecule is CC12CCC(=O)N1C(C(=O)Nc1ccccc1Oc1ccccc1)CS2. The zero-order chi connectivity index (χ0) is 18.1. The van der Waals surface area contributed by atoms with Crippen LogP contribution in [-0.4, -0.2) is 33.4 Å². The highest BCUT2D eigenvalue weighted by Gasteiger charge is 2.52. The highest BCUT2D eigenvalue weighted by Crippen LogP contribution is 2.47. The Labute approximate surface area is 156 Å². The molecule has 0 saturated carbocycles. The highest BCUT2D eigenvalue weighted by atomic mass is 32.2. The van der Waals surface area contributed by atoms with E-state index in [1.165, 1.54) is 0 Å². The number of benzene rings is 2. The van der Waals surface area contributed by atoms with Gasteiger partial charge in [0.2, 0.25) is 11.8 Å². The van der Waals surface area contributed by atoms with E-state index >= 15 is 0 Å². The van der Waals surface area contributed by atoms with Gasteiger partial charge < -0.3 is 15.0 Å². The summed E-state index contributed by atoms with van der Waals surface area (Å²) in [4.78, 5) is 26.6. The maximum atomic E-state index is 12.9. The van der Waals surface area contributed by atoms with Crippen molar-refractivity contribution >= 4 is 29.3 Å². The van der Waals surface area contributed by atoms with Crippen LogP contribution in [0.15, 0.2) is 54.6 Å². The molecule has 4 rings (SSSR count). The van der Waals surface area contributed by atoms with Gasteiger partial charge in [0.25, 0.3) is 0 Å². The minimum Gasteiger partial charge on any atom is -0.455 e. The van der Waals surface area contributed by atoms with E-state index in [0.29, 0.717) is 29.4 Å². The first kappa shape index (κ1) is 17.0. The number of hydrogen-bond donors (Lipinski definition) is 1. The number of hydrogen-bond acceptors (Lipinski definition) is 4. The van der Waals surface area contributed by atoms with Crippen molar-refractivity contribution in [1.82, 2.24) is 4.90 Å². The van der Waals surface area contributed by atoms with Gasteiger partial charge in [-0.2, -0.15) is 0 Å². The van der Waals surface area contributed by atoms with Crippen LogP contribution in [0, 0.1) is 0 Å². The number of anilines is 1. The molecule has 2 fully saturated rings. The molecule has 0 bridgehead atoms. The lowest BCUT2D eigenvalue weighted by molar-refractivity contribution is -0.135. The average Bonchev–Trinajstić information content (AvgIpc) is 3.14. The van der Waals surface area contributed by atoms with Crippen molar-refractivity contribution in [2.24, 2.45) is 0 Å². The first-order valence-electron chi connectivity index (χ1n) is 8.66. The summed E-state index contributed by atoms with van der Waals surface area (Å²) >= 11 is 1.69. The predicted octanol–water partition coefficient (Wildman–Crippen LogP) is 3.87. The Morgan fingerprint density at radius 3 is 2.73 bits per heavy atom. The zero-order valence-corrected chi connectivity index (χ0v) is 15.3. The van der Waals surface area contributed by atoms with E-state index < -0.39 is 6.04 Å². The van der Waals surface area contributed by atoms with Crippen LogP contribution >= 0.6 is 11.8 Å². The Balaban J connectivity index is 1.53. The number of fused-ring (bicyclic) bond motifs is 1. The van der Waals surface area contributed by atoms with Gasteiger partial charge in [0.15, 0.2) is 5.75 Å². The standard InChI is InChI=1S/C20H20N2O3S/c1-20-12-11-18(23)22(20)16(13-26-20)19(24)21-15-9-5-6-10-17(15)25-14-7-3-2-4-8-14/h2-10,16H,11-13H2,1H3,(H,21,24). The van der Waals surface area contributed by atoms with Crippen molar-refractivity contribution in [2.45, 2.75) is 30.7 Å². The minimum atomic E-state index is -0.440. The van der Waals surface area contributed by atoms with E-state index in [0.717, 1.165) is 6.42 Å². The maximum absolute atomic E-state index is 12.9. The number of rotatable bonds is 4. The van der Waals surface area contributed by atoms with Crippen molar-refractivity contribution in [2.75, 3.05) is 11.1 Å². The number of ether oxygens (including phenoxy) is 1. The van der Waals surface area contributed by atoms with Gasteiger partial charge in [0, 0.05) is 12.2 Å². The van der Waals surface area contributed by atoms with Crippen LogP contribution in [0.1, 0.15) is 19.8 Å². The third kappa shape index (κ3) is 3.05. The summed E-state index contributed by atoms with van der Waals surface area (Å²) in [5.41, 5.74) is 0.603. The smallest absolute Gasteiger partial charge is 0.248 e. The van der Waals surface area contributed by atoms with Gasteiger partial charge in [0.05, 0.1) is 10.6 Å². The van der Waals surface area contributed by atoms with E-state index in [1.807, 2.05) is 61.5 Å². The Hall–Kier alpha value is -2.47. The number of thioether (sulfide) groups is 1. The second kappa shape index (κ2) is 6.68. The fourth-order valence-corrected chi connectivity index (χ4v) is 4.94. The van der Waals surface area contributed by atoms with Crippen molar-refractivity contribution in [3.63, 3.8) is 0 Å². The molecule has 2 heterocycles. The van der Waals surface area contributed by atoms with E-state index in [-0.39, 0.29) is 16.7 Å². The van der Waals surface area contributed by atoms with E-state index in [9.17, 15) is 9.59 Å². The van der Waals surface area contributed by atoms with Crippen LogP contribution < -0.4 is 10.1 Å². The van der Waals surface area contributed by atoms with Gasteiger partial charge in [-0.3, -0.25) is 9.59 Å². The average molecular weight is 368 g/mol. The van der Waals surface area contributed by atoms with E-state index in [1.54, 1.807) is 16.7 Å². The number of carbonyl (C=O) groups is 2. The van der Waals surface area contributed by atoms with Crippen molar-refractivity contribution in [3.8, 4) is 11.5 Å². The molecule has 2 aromatic rings. The van der Waals surface area contributed by atoms with Gasteiger partial charge in [-0.05, 0) is 37.6 Å². The highest BCUT2D eigenvalue weighted by molar-refractivity contribution is 8.01. The normalized spacial score (nSPS) is 24.4. The van der Waals surface area contributed by atoms with E-state index in [2.05, 4.69) is 5.32 Å². The zero-order valence-electron chi connectivity index (χ0n) is 14.5. The summed E-state index contributed by atoms with van der Waals surface area (Å²) in [6, 6.07) is 16.3. The lowest BCUT2D eigenvalue weighted by atomic mass is 10.2. The number of para-hydroxylation sites is 3. The lowest BCUT2D eigenvalue weighted by Gasteiger charge is -2.30. The number of carbonyl (C=O) groups excluding carboxylic acids is 2. The van der Waals surface area contributed by atoms with Gasteiger partial charge in [0.1, 0.15) is 11.8 Å². The molecule has 134 valence electrons. The fourth-order valence-electron chi connectivity index (χ4n) is 3.51. The Morgan fingerprint density at radius 2 is 1.92 bits per heavy atom. The van der Waals surface area contributed by atoms with Crippen LogP contribution in [0.5, 0.6) is 11.5 Å². The molecule has 2 aromatic carbocycles. The summed E-state index contributed by atoms with van der Waals surface area (Å²) in [5, 5.41) is 2.95. The van der Waals surface area contributed by atoms with Crippen molar-refractivity contribution in [1.29, 1.82) is 0 Å². The Kier molecular flexibility index (Phi) is 4.36. The fraction of sp³-hybridized carbons (Fsp3) is 0.300. The number of nitrogens with zero attached hydrogens (tertiary/aromatic N) is 1. The first-order chi connectivity index (χ1) is 12.6. The van der Waals surface area contributed by atoms with Gasteiger partial charge in [-0.1, -0.05) is 30.3 Å². The second-order valence-corrected chi connectivity index (χ2v) is 8.17. The predicted molar refractivity (Wildman–Crippen MR) is 102 cm³/mol. The molecule has 2 amide bonds. The molecule has 0 radical (unpaired) electrons. The topological polar surface area (TPSA) is 58.6 Å². The number of nitrogens with one attached hydrogen (secondary N) is 1. The number of amides is 2. The Morgan fingerprint density at radius 1 is 1.19 bits per heavy atom. The molecule has 2 aliphatic rings. The molecule has 26 heavy (non-hydrogen) atoms. The van der Waals surface area contributed by atoms with Crippen LogP contribution in [0.2, 0.25) is 0 Å². The van der Waals surface area contributed by atoms with Gasteiger partial charge >= 0.3 is 0 Å². The third-order valence-electron chi connectivity index (χ3n) is 4.86. The van der Waals surface area contributed by atoms with Gasteiger partial charge in [-0.15, -0.1) is 11.8 Å². The molecule has 0 aliphatic carbocycles. The molecular weight excluding hydrogens is 348 g/mol. The van der Waals surface area contributed by atoms with Crippen LogP contribution in [0.4, 0.5) is 5.69 Å². The molecule has 5 nitrogen and oxygen atoms in total. The summed E-state index contributed by atoms with van der Waals surface area (Å²) < 4.78 is 5.90. The summed E-state index contributed by atoms with van der Waals surface area (Å²) in [6.07, 6.45) is 1.31. The maximum Gasteiger partial charge on any atom is 0.248 e. The molecule has 0 spiro atoms. The van der Waals surface area contributed by atoms with Crippen molar-refractivity contribution in [3.05, 3.63) is 54.6 Å². The molecular formula is C20H20N2O3S. The largest absolute Gasteiger partial charge is 0.455 e. The quantitative estimate of drug-likeness (QED) is 0.890. The molecule has 2 saturated heterocycles. The molecule has 2 atom stereocenters. The summed E-state index contributed by atoms with van der Waals surface area (Å²) in [7, 11) is 0.